The van der Waals surface area contributed by atoms with Crippen molar-refractivity contribution in [1.82, 2.24) is 9.97 Å². The fraction of sp³-hybridized carbons (Fsp3) is 0.200. The Bertz CT molecular complexity index is 1430. The van der Waals surface area contributed by atoms with Crippen LogP contribution in [0.15, 0.2) is 65.4 Å². The van der Waals surface area contributed by atoms with E-state index in [1.165, 1.54) is 24.5 Å². The van der Waals surface area contributed by atoms with Gasteiger partial charge in [-0.3, -0.25) is 0 Å². The van der Waals surface area contributed by atoms with Crippen LogP contribution < -0.4 is 5.73 Å². The predicted octanol–water partition coefficient (Wildman–Crippen LogP) is 8.11. The molecule has 0 aliphatic carbocycles. The highest BCUT2D eigenvalue weighted by atomic mass is 79.9. The first-order chi connectivity index (χ1) is 18.0. The number of benzene rings is 2. The highest BCUT2D eigenvalue weighted by Crippen LogP contribution is 2.36. The number of anilines is 1. The van der Waals surface area contributed by atoms with Gasteiger partial charge in [-0.15, -0.1) is 0 Å². The minimum absolute atomic E-state index is 0.193. The summed E-state index contributed by atoms with van der Waals surface area (Å²) >= 11 is 3.55. The van der Waals surface area contributed by atoms with Crippen molar-refractivity contribution >= 4 is 21.6 Å². The molecule has 0 bridgehead atoms. The molecule has 0 amide bonds. The molecule has 0 aliphatic heterocycles. The average Bonchev–Trinajstić information content (AvgIpc) is 2.89. The molecule has 5 nitrogen and oxygen atoms in total. The van der Waals surface area contributed by atoms with Crippen LogP contribution in [-0.4, -0.2) is 9.97 Å². The molecule has 2 heterocycles. The topological polar surface area (TPSA) is 99.4 Å². The lowest BCUT2D eigenvalue weighted by atomic mass is 9.92. The van der Waals surface area contributed by atoms with Gasteiger partial charge in [-0.2, -0.15) is 19.3 Å². The van der Waals surface area contributed by atoms with Gasteiger partial charge in [0, 0.05) is 40.2 Å². The molecule has 0 spiro atoms. The van der Waals surface area contributed by atoms with E-state index in [9.17, 15) is 8.78 Å². The molecule has 2 aromatic heterocycles. The summed E-state index contributed by atoms with van der Waals surface area (Å²) in [6, 6.07) is 17.4. The van der Waals surface area contributed by atoms with Crippen LogP contribution in [0.1, 0.15) is 61.8 Å². The smallest absolute Gasteiger partial charge is 0.213 e. The molecule has 4 aromatic rings. The molecule has 2 N–H and O–H groups in total. The first-order valence-electron chi connectivity index (χ1n) is 11.9. The third-order valence-electron chi connectivity index (χ3n) is 5.89. The van der Waals surface area contributed by atoms with Gasteiger partial charge in [-0.25, -0.2) is 9.97 Å². The molecular weight excluding hydrogens is 548 g/mol. The summed E-state index contributed by atoms with van der Waals surface area (Å²) in [4.78, 5) is 7.07. The van der Waals surface area contributed by atoms with Crippen molar-refractivity contribution in [3.8, 4) is 34.4 Å². The summed E-state index contributed by atoms with van der Waals surface area (Å²) in [5.74, 6) is -0.630. The molecule has 0 aliphatic rings. The Morgan fingerprint density at radius 2 is 1.18 bits per heavy atom. The van der Waals surface area contributed by atoms with Crippen LogP contribution in [0.3, 0.4) is 0 Å². The second-order valence-electron chi connectivity index (χ2n) is 9.22. The first kappa shape index (κ1) is 28.4. The van der Waals surface area contributed by atoms with Gasteiger partial charge < -0.3 is 5.73 Å². The van der Waals surface area contributed by atoms with Gasteiger partial charge in [-0.05, 0) is 92.0 Å². The Morgan fingerprint density at radius 3 is 1.63 bits per heavy atom. The molecule has 38 heavy (non-hydrogen) atoms. The number of nitrogens with zero attached hydrogens (tertiary/aromatic N) is 4. The number of rotatable bonds is 4. The summed E-state index contributed by atoms with van der Waals surface area (Å²) in [5.41, 5.74) is 12.6. The molecular formula is C30H26BrF2N5. The number of aromatic nitrogens is 2. The SMILES string of the molecule is CC(C)c1cc(C#N)cc(-c2ccnc(F)c2)c1Br.CC(C)c1cc(C#N)cc(-c2ccnc(F)c2)c1N. The van der Waals surface area contributed by atoms with Crippen molar-refractivity contribution in [2.75, 3.05) is 5.73 Å². The predicted molar refractivity (Wildman–Crippen MR) is 149 cm³/mol. The van der Waals surface area contributed by atoms with Crippen molar-refractivity contribution in [1.29, 1.82) is 10.5 Å². The number of nitriles is 2. The van der Waals surface area contributed by atoms with Gasteiger partial charge >= 0.3 is 0 Å². The number of hydrogen-bond acceptors (Lipinski definition) is 5. The van der Waals surface area contributed by atoms with E-state index in [0.717, 1.165) is 21.2 Å². The maximum absolute atomic E-state index is 13.2. The molecule has 4 rings (SSSR count). The van der Waals surface area contributed by atoms with Gasteiger partial charge in [0.1, 0.15) is 0 Å². The lowest BCUT2D eigenvalue weighted by Gasteiger charge is -2.14. The first-order valence-corrected chi connectivity index (χ1v) is 12.7. The Balaban J connectivity index is 0.000000211. The maximum atomic E-state index is 13.2. The normalized spacial score (nSPS) is 10.5. The largest absolute Gasteiger partial charge is 0.398 e. The third-order valence-corrected chi connectivity index (χ3v) is 6.78. The summed E-state index contributed by atoms with van der Waals surface area (Å²) in [6.45, 7) is 8.11. The maximum Gasteiger partial charge on any atom is 0.213 e. The number of pyridine rings is 2. The monoisotopic (exact) mass is 573 g/mol. The van der Waals surface area contributed by atoms with E-state index in [4.69, 9.17) is 16.3 Å². The summed E-state index contributed by atoms with van der Waals surface area (Å²) in [6.07, 6.45) is 2.81. The van der Waals surface area contributed by atoms with Crippen LogP contribution >= 0.6 is 15.9 Å². The second-order valence-corrected chi connectivity index (χ2v) is 10.0. The fourth-order valence-corrected chi connectivity index (χ4v) is 4.85. The third kappa shape index (κ3) is 6.59. The van der Waals surface area contributed by atoms with E-state index >= 15 is 0 Å². The Kier molecular flexibility index (Phi) is 9.28. The Morgan fingerprint density at radius 1 is 0.737 bits per heavy atom. The standard InChI is InChI=1S/C15H12BrFN2.C15H14FN3/c1-9(2)12-5-10(8-18)6-13(15(12)16)11-3-4-19-14(17)7-11;1-9(2)12-5-10(8-17)6-13(15(12)18)11-3-4-19-14(16)7-11/h3-7,9H,1-2H3;3-7,9H,18H2,1-2H3. The van der Waals surface area contributed by atoms with Gasteiger partial charge in [0.15, 0.2) is 0 Å². The van der Waals surface area contributed by atoms with E-state index in [1.54, 1.807) is 30.3 Å². The molecule has 0 saturated heterocycles. The molecule has 8 heteroatoms. The Labute approximate surface area is 229 Å². The number of hydrogen-bond donors (Lipinski definition) is 1. The van der Waals surface area contributed by atoms with Gasteiger partial charge in [0.25, 0.3) is 0 Å². The second kappa shape index (κ2) is 12.4. The molecule has 192 valence electrons. The van der Waals surface area contributed by atoms with Crippen molar-refractivity contribution < 1.29 is 8.78 Å². The van der Waals surface area contributed by atoms with Crippen LogP contribution in [0.2, 0.25) is 0 Å². The quantitative estimate of drug-likeness (QED) is 0.196. The molecule has 2 aromatic carbocycles. The highest BCUT2D eigenvalue weighted by Gasteiger charge is 2.14. The Hall–Kier alpha value is -4.14. The van der Waals surface area contributed by atoms with Crippen LogP contribution in [0.4, 0.5) is 14.5 Å². The van der Waals surface area contributed by atoms with Crippen LogP contribution in [0, 0.1) is 34.6 Å². The summed E-state index contributed by atoms with van der Waals surface area (Å²) in [7, 11) is 0. The van der Waals surface area contributed by atoms with E-state index < -0.39 is 11.9 Å². The summed E-state index contributed by atoms with van der Waals surface area (Å²) in [5, 5.41) is 18.2. The molecule has 0 radical (unpaired) electrons. The van der Waals surface area contributed by atoms with E-state index in [-0.39, 0.29) is 11.8 Å². The van der Waals surface area contributed by atoms with E-state index in [2.05, 4.69) is 51.9 Å². The highest BCUT2D eigenvalue weighted by molar-refractivity contribution is 9.10. The molecule has 0 fully saturated rings. The zero-order valence-electron chi connectivity index (χ0n) is 21.4. The van der Waals surface area contributed by atoms with Crippen LogP contribution in [0.5, 0.6) is 0 Å². The van der Waals surface area contributed by atoms with Crippen molar-refractivity contribution in [2.24, 2.45) is 0 Å². The lowest BCUT2D eigenvalue weighted by Crippen LogP contribution is -2.01. The van der Waals surface area contributed by atoms with Gasteiger partial charge in [0.2, 0.25) is 11.9 Å². The van der Waals surface area contributed by atoms with Crippen molar-refractivity contribution in [3.63, 3.8) is 0 Å². The van der Waals surface area contributed by atoms with Crippen molar-refractivity contribution in [3.05, 3.63) is 99.5 Å². The van der Waals surface area contributed by atoms with Crippen molar-refractivity contribution in [2.45, 2.75) is 39.5 Å². The zero-order chi connectivity index (χ0) is 28.0. The average molecular weight is 574 g/mol. The molecule has 0 saturated carbocycles. The fourth-order valence-electron chi connectivity index (χ4n) is 3.94. The molecule has 0 atom stereocenters. The zero-order valence-corrected chi connectivity index (χ0v) is 23.0. The van der Waals surface area contributed by atoms with Gasteiger partial charge in [0.05, 0.1) is 23.3 Å². The minimum Gasteiger partial charge on any atom is -0.398 e. The number of nitrogen functional groups attached to an aromatic ring is 1. The molecule has 0 unspecified atom stereocenters. The summed E-state index contributed by atoms with van der Waals surface area (Å²) < 4.78 is 27.3. The number of halogens is 3. The minimum atomic E-state index is -0.564. The number of nitrogens with two attached hydrogens (primary N) is 1. The van der Waals surface area contributed by atoms with Gasteiger partial charge in [-0.1, -0.05) is 27.7 Å². The van der Waals surface area contributed by atoms with E-state index in [0.29, 0.717) is 33.5 Å². The van der Waals surface area contributed by atoms with Crippen LogP contribution in [0.25, 0.3) is 22.3 Å². The van der Waals surface area contributed by atoms with E-state index in [1.807, 2.05) is 19.9 Å². The van der Waals surface area contributed by atoms with Crippen LogP contribution in [-0.2, 0) is 0 Å². The lowest BCUT2D eigenvalue weighted by molar-refractivity contribution is 0.584.